The van der Waals surface area contributed by atoms with E-state index in [4.69, 9.17) is 18.9 Å². The van der Waals surface area contributed by atoms with Gasteiger partial charge in [-0.1, -0.05) is 36.4 Å². The molecule has 46 heavy (non-hydrogen) atoms. The summed E-state index contributed by atoms with van der Waals surface area (Å²) >= 11 is 0. The van der Waals surface area contributed by atoms with Crippen molar-refractivity contribution in [1.82, 2.24) is 0 Å². The van der Waals surface area contributed by atoms with Crippen molar-refractivity contribution in [3.63, 3.8) is 0 Å². The number of aliphatic carboxylic acids is 1. The summed E-state index contributed by atoms with van der Waals surface area (Å²) in [6.45, 7) is 6.54. The summed E-state index contributed by atoms with van der Waals surface area (Å²) in [5, 5.41) is 28.4. The Morgan fingerprint density at radius 3 is 2.54 bits per heavy atom. The summed E-state index contributed by atoms with van der Waals surface area (Å²) in [6.07, 6.45) is 1.26. The van der Waals surface area contributed by atoms with Crippen molar-refractivity contribution in [3.8, 4) is 40.2 Å². The van der Waals surface area contributed by atoms with Gasteiger partial charge in [0.25, 0.3) is 0 Å². The molecule has 1 aliphatic heterocycles. The second kappa shape index (κ2) is 14.2. The van der Waals surface area contributed by atoms with Crippen molar-refractivity contribution >= 4 is 12.2 Å². The number of ether oxygens (including phenoxy) is 4. The van der Waals surface area contributed by atoms with Crippen LogP contribution in [0.3, 0.4) is 0 Å². The van der Waals surface area contributed by atoms with Crippen molar-refractivity contribution < 1.29 is 34.0 Å². The van der Waals surface area contributed by atoms with Gasteiger partial charge in [-0.15, -0.1) is 0 Å². The molecule has 0 unspecified atom stereocenters. The number of benzene rings is 4. The molecular weight excluding hydrogens is 584 g/mol. The Morgan fingerprint density at radius 2 is 1.78 bits per heavy atom. The zero-order chi connectivity index (χ0) is 32.7. The van der Waals surface area contributed by atoms with E-state index >= 15 is 0 Å². The predicted octanol–water partition coefficient (Wildman–Crippen LogP) is 6.43. The van der Waals surface area contributed by atoms with Crippen LogP contribution in [0.5, 0.6) is 23.0 Å². The number of aliphatic hydroxyl groups is 1. The molecule has 1 heterocycles. The highest BCUT2D eigenvalue weighted by Gasteiger charge is 2.30. The number of aliphatic hydroxyl groups excluding tert-OH is 1. The topological polar surface area (TPSA) is 131 Å². The molecule has 1 atom stereocenters. The third kappa shape index (κ3) is 7.31. The number of hydrogen-bond acceptors (Lipinski definition) is 8. The van der Waals surface area contributed by atoms with Gasteiger partial charge in [0.2, 0.25) is 0 Å². The molecule has 0 aromatic heterocycles. The molecule has 4 aromatic rings. The molecule has 0 amide bonds. The van der Waals surface area contributed by atoms with E-state index in [0.717, 1.165) is 50.4 Å². The second-order valence-corrected chi connectivity index (χ2v) is 11.4. The number of carboxylic acids is 1. The summed E-state index contributed by atoms with van der Waals surface area (Å²) in [7, 11) is 0. The summed E-state index contributed by atoms with van der Waals surface area (Å²) in [5.74, 6) is 1.44. The van der Waals surface area contributed by atoms with Gasteiger partial charge in [-0.25, -0.2) is 0 Å². The van der Waals surface area contributed by atoms with Gasteiger partial charge in [-0.3, -0.25) is 9.79 Å². The molecular formula is C37H36N2O7. The van der Waals surface area contributed by atoms with Crippen molar-refractivity contribution in [1.29, 1.82) is 5.26 Å². The molecule has 0 fully saturated rings. The van der Waals surface area contributed by atoms with Crippen LogP contribution in [-0.2, 0) is 24.6 Å². The fraction of sp³-hybridized carbons (Fsp3) is 0.270. The lowest BCUT2D eigenvalue weighted by Crippen LogP contribution is -2.33. The van der Waals surface area contributed by atoms with Crippen LogP contribution in [0, 0.1) is 30.6 Å². The first-order valence-electron chi connectivity index (χ1n) is 14.9. The molecule has 0 spiro atoms. The highest BCUT2D eigenvalue weighted by Crippen LogP contribution is 2.37. The van der Waals surface area contributed by atoms with Crippen LogP contribution in [0.4, 0.5) is 0 Å². The minimum Gasteiger partial charge on any atom is -0.489 e. The fourth-order valence-corrected chi connectivity index (χ4v) is 5.09. The molecule has 2 N–H and O–H groups in total. The molecule has 0 radical (unpaired) electrons. The number of nitriles is 1. The standard InChI is InChI=1S/C37H36N2O7/c1-24-14-30(45-21-29-8-5-9-31(25(29)2)28-10-11-33-35(16-28)44-13-12-43-33)17-34(46-20-27-7-4-6-26(15-27)18-38)32(24)19-39-22-37(3,23-40)36(41)42/h4-11,14-17,22,40H,12-13,19-21,23H2,1-3H3,(H,41,42)/t37-/m1/s1. The smallest absolute Gasteiger partial charge is 0.317 e. The molecule has 9 nitrogen and oxygen atoms in total. The number of carbonyl (C=O) groups is 1. The zero-order valence-electron chi connectivity index (χ0n) is 26.1. The van der Waals surface area contributed by atoms with Gasteiger partial charge in [0.1, 0.15) is 43.3 Å². The second-order valence-electron chi connectivity index (χ2n) is 11.4. The van der Waals surface area contributed by atoms with Gasteiger partial charge < -0.3 is 29.2 Å². The number of hydrogen-bond donors (Lipinski definition) is 2. The van der Waals surface area contributed by atoms with Gasteiger partial charge in [0.15, 0.2) is 11.5 Å². The lowest BCUT2D eigenvalue weighted by molar-refractivity contribution is -0.145. The first-order chi connectivity index (χ1) is 22.2. The maximum Gasteiger partial charge on any atom is 0.317 e. The van der Waals surface area contributed by atoms with E-state index in [1.807, 2.05) is 49.4 Å². The third-order valence-electron chi connectivity index (χ3n) is 7.99. The van der Waals surface area contributed by atoms with Gasteiger partial charge in [-0.05, 0) is 84.5 Å². The predicted molar refractivity (Wildman–Crippen MR) is 174 cm³/mol. The van der Waals surface area contributed by atoms with Crippen LogP contribution in [0.25, 0.3) is 11.1 Å². The number of aliphatic imine (C=N–C) groups is 1. The fourth-order valence-electron chi connectivity index (χ4n) is 5.09. The average Bonchev–Trinajstić information content (AvgIpc) is 3.07. The van der Waals surface area contributed by atoms with Gasteiger partial charge in [0, 0.05) is 17.8 Å². The largest absolute Gasteiger partial charge is 0.489 e. The van der Waals surface area contributed by atoms with Crippen LogP contribution in [0.2, 0.25) is 0 Å². The highest BCUT2D eigenvalue weighted by atomic mass is 16.6. The van der Waals surface area contributed by atoms with E-state index in [1.54, 1.807) is 24.3 Å². The zero-order valence-corrected chi connectivity index (χ0v) is 26.1. The molecule has 0 aliphatic carbocycles. The maximum absolute atomic E-state index is 11.6. The first-order valence-corrected chi connectivity index (χ1v) is 14.9. The molecule has 236 valence electrons. The number of nitrogens with zero attached hydrogens (tertiary/aromatic N) is 2. The van der Waals surface area contributed by atoms with Gasteiger partial charge in [-0.2, -0.15) is 5.26 Å². The lowest BCUT2D eigenvalue weighted by atomic mass is 9.94. The summed E-state index contributed by atoms with van der Waals surface area (Å²) < 4.78 is 24.0. The Kier molecular flexibility index (Phi) is 9.89. The number of carboxylic acid groups (broad SMARTS) is 1. The number of aryl methyl sites for hydroxylation is 1. The molecule has 5 rings (SSSR count). The van der Waals surface area contributed by atoms with E-state index in [0.29, 0.717) is 36.9 Å². The van der Waals surface area contributed by atoms with E-state index in [9.17, 15) is 20.3 Å². The molecule has 0 saturated heterocycles. The first kappa shape index (κ1) is 32.1. The Bertz CT molecular complexity index is 1810. The van der Waals surface area contributed by atoms with E-state index in [-0.39, 0.29) is 13.2 Å². The van der Waals surface area contributed by atoms with Crippen LogP contribution in [0.1, 0.15) is 40.3 Å². The third-order valence-corrected chi connectivity index (χ3v) is 7.99. The van der Waals surface area contributed by atoms with Crippen molar-refractivity contribution in [2.24, 2.45) is 10.4 Å². The molecule has 9 heteroatoms. The lowest BCUT2D eigenvalue weighted by Gasteiger charge is -2.20. The molecule has 1 aliphatic rings. The highest BCUT2D eigenvalue weighted by molar-refractivity contribution is 5.93. The van der Waals surface area contributed by atoms with E-state index in [1.165, 1.54) is 13.1 Å². The minimum atomic E-state index is -1.50. The van der Waals surface area contributed by atoms with Gasteiger partial charge in [0.05, 0.1) is 24.8 Å². The SMILES string of the molecule is Cc1cc(OCc2cccc(-c3ccc4c(c3)OCCO4)c2C)cc(OCc2cccc(C#N)c2)c1CN=C[C@](C)(CO)C(=O)O. The Morgan fingerprint density at radius 1 is 1.00 bits per heavy atom. The summed E-state index contributed by atoms with van der Waals surface area (Å²) in [5.41, 5.74) is 5.66. The van der Waals surface area contributed by atoms with E-state index < -0.39 is 18.0 Å². The molecule has 0 saturated carbocycles. The summed E-state index contributed by atoms with van der Waals surface area (Å²) in [6, 6.07) is 25.1. The van der Waals surface area contributed by atoms with Gasteiger partial charge >= 0.3 is 5.97 Å². The quantitative estimate of drug-likeness (QED) is 0.173. The van der Waals surface area contributed by atoms with Crippen molar-refractivity contribution in [3.05, 3.63) is 106 Å². The summed E-state index contributed by atoms with van der Waals surface area (Å²) in [4.78, 5) is 16.0. The Balaban J connectivity index is 1.39. The van der Waals surface area contributed by atoms with Crippen molar-refractivity contribution in [2.45, 2.75) is 40.5 Å². The molecule has 4 aromatic carbocycles. The Hall–Kier alpha value is -5.33. The van der Waals surface area contributed by atoms with Crippen LogP contribution in [-0.4, -0.2) is 42.2 Å². The van der Waals surface area contributed by atoms with Crippen LogP contribution >= 0.6 is 0 Å². The number of rotatable bonds is 12. The molecule has 0 bridgehead atoms. The minimum absolute atomic E-state index is 0.138. The van der Waals surface area contributed by atoms with Crippen LogP contribution in [0.15, 0.2) is 77.8 Å². The Labute approximate surface area is 268 Å². The maximum atomic E-state index is 11.6. The van der Waals surface area contributed by atoms with Crippen molar-refractivity contribution in [2.75, 3.05) is 19.8 Å². The average molecular weight is 621 g/mol. The van der Waals surface area contributed by atoms with Crippen LogP contribution < -0.4 is 18.9 Å². The normalized spacial score (nSPS) is 13.5. The number of fused-ring (bicyclic) bond motifs is 1. The monoisotopic (exact) mass is 620 g/mol. The van der Waals surface area contributed by atoms with E-state index in [2.05, 4.69) is 24.1 Å².